The van der Waals surface area contributed by atoms with Gasteiger partial charge in [0.25, 0.3) is 0 Å². The monoisotopic (exact) mass is 527 g/mol. The molecule has 0 radical (unpaired) electrons. The zero-order valence-corrected chi connectivity index (χ0v) is 17.2. The van der Waals surface area contributed by atoms with Gasteiger partial charge in [-0.1, -0.05) is 11.8 Å². The van der Waals surface area contributed by atoms with Crippen LogP contribution in [0.1, 0.15) is 0 Å². The number of hydrogen-bond donors (Lipinski definition) is 0. The normalized spacial score (nSPS) is 26.4. The second-order valence-corrected chi connectivity index (χ2v) is 8.51. The Hall–Kier alpha value is -0.260. The van der Waals surface area contributed by atoms with Gasteiger partial charge in [-0.25, -0.2) is 18.7 Å². The maximum Gasteiger partial charge on any atom is 0.189 e. The minimum atomic E-state index is -0.924. The van der Waals surface area contributed by atoms with Gasteiger partial charge < -0.3 is 9.64 Å². The summed E-state index contributed by atoms with van der Waals surface area (Å²) in [4.78, 5) is 10.8. The van der Waals surface area contributed by atoms with Crippen LogP contribution in [0.5, 0.6) is 0 Å². The molecular formula is C15H13BrF2IN3OS. The van der Waals surface area contributed by atoms with Gasteiger partial charge in [-0.2, -0.15) is 0 Å². The van der Waals surface area contributed by atoms with Crippen molar-refractivity contribution in [3.63, 3.8) is 0 Å². The highest BCUT2D eigenvalue weighted by molar-refractivity contribution is 14.1. The molecule has 1 saturated heterocycles. The lowest BCUT2D eigenvalue weighted by Gasteiger charge is -2.24. The molecule has 0 N–H and O–H groups in total. The van der Waals surface area contributed by atoms with Crippen LogP contribution in [0, 0.1) is 15.3 Å². The lowest BCUT2D eigenvalue weighted by Crippen LogP contribution is -2.31. The molecule has 0 amide bonds. The second kappa shape index (κ2) is 6.48. The van der Waals surface area contributed by atoms with E-state index in [1.54, 1.807) is 0 Å². The van der Waals surface area contributed by atoms with Crippen LogP contribution in [0.4, 0.5) is 14.6 Å². The van der Waals surface area contributed by atoms with E-state index in [9.17, 15) is 8.78 Å². The van der Waals surface area contributed by atoms with Crippen LogP contribution >= 0.6 is 50.3 Å². The number of rotatable bonds is 2. The van der Waals surface area contributed by atoms with E-state index < -0.39 is 12.0 Å². The molecule has 1 aliphatic heterocycles. The van der Waals surface area contributed by atoms with Gasteiger partial charge in [0.05, 0.1) is 23.7 Å². The first-order valence-electron chi connectivity index (χ1n) is 7.40. The van der Waals surface area contributed by atoms with Crippen molar-refractivity contribution in [3.05, 3.63) is 19.9 Å². The number of aromatic nitrogens is 2. The van der Waals surface area contributed by atoms with Crippen LogP contribution in [-0.4, -0.2) is 48.2 Å². The summed E-state index contributed by atoms with van der Waals surface area (Å²) < 4.78 is 35.5. The summed E-state index contributed by atoms with van der Waals surface area (Å²) in [5, 5.41) is 1.08. The molecule has 2 heterocycles. The summed E-state index contributed by atoms with van der Waals surface area (Å²) in [6, 6.07) is 1.60. The van der Waals surface area contributed by atoms with E-state index in [2.05, 4.69) is 48.5 Å². The van der Waals surface area contributed by atoms with Gasteiger partial charge in [-0.3, -0.25) is 0 Å². The average Bonchev–Trinajstić information content (AvgIpc) is 3.27. The summed E-state index contributed by atoms with van der Waals surface area (Å²) in [6.45, 7) is 1.48. The minimum Gasteiger partial charge on any atom is -0.379 e. The number of fused-ring (bicyclic) bond motifs is 2. The van der Waals surface area contributed by atoms with E-state index in [4.69, 9.17) is 4.74 Å². The van der Waals surface area contributed by atoms with Crippen LogP contribution in [0.25, 0.3) is 10.9 Å². The molecular weight excluding hydrogens is 515 g/mol. The van der Waals surface area contributed by atoms with Gasteiger partial charge >= 0.3 is 0 Å². The summed E-state index contributed by atoms with van der Waals surface area (Å²) in [7, 11) is 0. The Labute approximate surface area is 164 Å². The Morgan fingerprint density at radius 1 is 1.46 bits per heavy atom. The van der Waals surface area contributed by atoms with Crippen LogP contribution in [0.15, 0.2) is 15.7 Å². The first-order valence-corrected chi connectivity index (χ1v) is 10.5. The van der Waals surface area contributed by atoms with Crippen molar-refractivity contribution in [1.82, 2.24) is 9.97 Å². The molecule has 2 aromatic rings. The Kier molecular flexibility index (Phi) is 4.63. The van der Waals surface area contributed by atoms with Gasteiger partial charge in [0.1, 0.15) is 17.5 Å². The number of ether oxygens (including phenoxy) is 1. The smallest absolute Gasteiger partial charge is 0.189 e. The van der Waals surface area contributed by atoms with E-state index in [-0.39, 0.29) is 17.5 Å². The van der Waals surface area contributed by atoms with Crippen molar-refractivity contribution in [2.45, 2.75) is 17.4 Å². The maximum absolute atomic E-state index is 14.7. The first kappa shape index (κ1) is 17.2. The third kappa shape index (κ3) is 2.71. The summed E-state index contributed by atoms with van der Waals surface area (Å²) >= 11 is 6.68. The lowest BCUT2D eigenvalue weighted by molar-refractivity contribution is 0.131. The molecule has 1 aromatic carbocycles. The highest BCUT2D eigenvalue weighted by Gasteiger charge is 2.56. The number of halogens is 4. The zero-order chi connectivity index (χ0) is 17.0. The molecule has 4 nitrogen and oxygen atoms in total. The van der Waals surface area contributed by atoms with E-state index in [1.165, 1.54) is 11.8 Å². The molecule has 24 heavy (non-hydrogen) atoms. The minimum absolute atomic E-state index is 0.130. The third-order valence-electron chi connectivity index (χ3n) is 4.42. The molecule has 1 aliphatic carbocycles. The van der Waals surface area contributed by atoms with Crippen LogP contribution in [0.2, 0.25) is 0 Å². The van der Waals surface area contributed by atoms with Crippen molar-refractivity contribution >= 4 is 67.0 Å². The fraction of sp³-hybridized carbons (Fsp3) is 0.467. The fourth-order valence-electron chi connectivity index (χ4n) is 3.13. The van der Waals surface area contributed by atoms with Gasteiger partial charge in [-0.05, 0) is 50.8 Å². The molecule has 1 unspecified atom stereocenters. The third-order valence-corrected chi connectivity index (χ3v) is 7.34. The van der Waals surface area contributed by atoms with Crippen LogP contribution < -0.4 is 4.90 Å². The highest BCUT2D eigenvalue weighted by Crippen LogP contribution is 2.45. The predicted octanol–water partition coefficient (Wildman–Crippen LogP) is 4.03. The molecule has 2 aliphatic rings. The molecule has 2 fully saturated rings. The molecule has 0 spiro atoms. The highest BCUT2D eigenvalue weighted by atomic mass is 127. The predicted molar refractivity (Wildman–Crippen MR) is 102 cm³/mol. The van der Waals surface area contributed by atoms with Crippen molar-refractivity contribution in [2.75, 3.05) is 30.9 Å². The van der Waals surface area contributed by atoms with Crippen LogP contribution in [0.3, 0.4) is 0 Å². The average molecular weight is 528 g/mol. The summed E-state index contributed by atoms with van der Waals surface area (Å²) in [5.74, 6) is 0.0509. The lowest BCUT2D eigenvalue weighted by atomic mass is 10.2. The van der Waals surface area contributed by atoms with Crippen molar-refractivity contribution in [2.24, 2.45) is 5.92 Å². The summed E-state index contributed by atoms with van der Waals surface area (Å²) in [6.07, 6.45) is 0.918. The molecule has 4 rings (SSSR count). The molecule has 3 atom stereocenters. The Morgan fingerprint density at radius 3 is 3.00 bits per heavy atom. The first-order chi connectivity index (χ1) is 11.5. The number of anilines is 1. The summed E-state index contributed by atoms with van der Waals surface area (Å²) in [5.41, 5.74) is 0.259. The molecule has 1 saturated carbocycles. The van der Waals surface area contributed by atoms with Gasteiger partial charge in [0.2, 0.25) is 0 Å². The zero-order valence-electron chi connectivity index (χ0n) is 12.6. The van der Waals surface area contributed by atoms with Gasteiger partial charge in [-0.15, -0.1) is 0 Å². The standard InChI is InChI=1S/C15H13BrF2IN3OS/c1-24-15-20-12-6(4-8(19)9(16)11(12)18)14(21-15)22-2-3-23-5-7-10(17)13(7)22/h4,7,10,13H,2-3,5H2,1H3/t7?,10-,13-/m0/s1. The molecule has 0 bridgehead atoms. The maximum atomic E-state index is 14.7. The fourth-order valence-corrected chi connectivity index (χ4v) is 4.34. The SMILES string of the molecule is CSc1nc(N2CCOCC3[C@H](F)[C@H]32)c2cc(I)c(Br)c(F)c2n1. The van der Waals surface area contributed by atoms with E-state index in [0.717, 1.165) is 3.57 Å². The number of benzene rings is 1. The second-order valence-electron chi connectivity index (χ2n) is 5.78. The van der Waals surface area contributed by atoms with E-state index >= 15 is 0 Å². The van der Waals surface area contributed by atoms with Crippen LogP contribution in [-0.2, 0) is 4.74 Å². The Morgan fingerprint density at radius 2 is 2.25 bits per heavy atom. The van der Waals surface area contributed by atoms with Crippen molar-refractivity contribution in [1.29, 1.82) is 0 Å². The number of thioether (sulfide) groups is 1. The van der Waals surface area contributed by atoms with E-state index in [1.807, 2.05) is 17.2 Å². The van der Waals surface area contributed by atoms with Crippen molar-refractivity contribution in [3.8, 4) is 0 Å². The van der Waals surface area contributed by atoms with Gasteiger partial charge in [0.15, 0.2) is 11.0 Å². The number of alkyl halides is 1. The van der Waals surface area contributed by atoms with Crippen molar-refractivity contribution < 1.29 is 13.5 Å². The number of nitrogens with zero attached hydrogens (tertiary/aromatic N) is 3. The molecule has 9 heteroatoms. The largest absolute Gasteiger partial charge is 0.379 e. The van der Waals surface area contributed by atoms with E-state index in [0.29, 0.717) is 40.6 Å². The number of hydrogen-bond acceptors (Lipinski definition) is 5. The molecule has 128 valence electrons. The topological polar surface area (TPSA) is 38.2 Å². The Balaban J connectivity index is 1.93. The Bertz CT molecular complexity index is 827. The quantitative estimate of drug-likeness (QED) is 0.255. The molecule has 1 aromatic heterocycles. The van der Waals surface area contributed by atoms with Gasteiger partial charge in [0, 0.05) is 21.4 Å².